The van der Waals surface area contributed by atoms with Crippen molar-refractivity contribution in [3.8, 4) is 11.3 Å². The van der Waals surface area contributed by atoms with Crippen LogP contribution in [0, 0.1) is 0 Å². The predicted molar refractivity (Wildman–Crippen MR) is 70.7 cm³/mol. The first-order chi connectivity index (χ1) is 8.24. The Balaban J connectivity index is 2.20. The lowest BCUT2D eigenvalue weighted by atomic mass is 10.2. The molecule has 84 valence electrons. The molecule has 2 aromatic heterocycles. The van der Waals surface area contributed by atoms with Crippen LogP contribution in [0.25, 0.3) is 17.0 Å². The van der Waals surface area contributed by atoms with Crippen molar-refractivity contribution >= 4 is 31.0 Å². The van der Waals surface area contributed by atoms with Gasteiger partial charge in [0.05, 0.1) is 11.9 Å². The summed E-state index contributed by atoms with van der Waals surface area (Å²) in [5.74, 6) is 0.574. The first-order valence-corrected chi connectivity index (χ1v) is 5.82. The minimum atomic E-state index is 0.574. The lowest BCUT2D eigenvalue weighted by Crippen LogP contribution is -1.87. The Kier molecular flexibility index (Phi) is 2.53. The molecular formula is C11H8N4S2. The highest BCUT2D eigenvalue weighted by Crippen LogP contribution is 2.27. The van der Waals surface area contributed by atoms with Gasteiger partial charge in [-0.15, -0.1) is 30.4 Å². The monoisotopic (exact) mass is 260 g/mol. The van der Waals surface area contributed by atoms with Gasteiger partial charge in [-0.2, -0.15) is 5.10 Å². The summed E-state index contributed by atoms with van der Waals surface area (Å²) in [6.45, 7) is 0. The van der Waals surface area contributed by atoms with Gasteiger partial charge in [0.25, 0.3) is 5.78 Å². The molecule has 0 spiro atoms. The van der Waals surface area contributed by atoms with E-state index < -0.39 is 0 Å². The predicted octanol–water partition coefficient (Wildman–Crippen LogP) is 2.37. The van der Waals surface area contributed by atoms with Crippen LogP contribution in [0.5, 0.6) is 0 Å². The van der Waals surface area contributed by atoms with E-state index in [4.69, 9.17) is 0 Å². The van der Waals surface area contributed by atoms with Crippen molar-refractivity contribution in [2.75, 3.05) is 0 Å². The molecule has 0 radical (unpaired) electrons. The molecule has 0 amide bonds. The number of hydrogen-bond donors (Lipinski definition) is 2. The van der Waals surface area contributed by atoms with Gasteiger partial charge in [-0.25, -0.2) is 4.98 Å². The van der Waals surface area contributed by atoms with E-state index in [0.717, 1.165) is 21.0 Å². The second kappa shape index (κ2) is 4.05. The third-order valence-electron chi connectivity index (χ3n) is 2.41. The van der Waals surface area contributed by atoms with Crippen LogP contribution in [-0.2, 0) is 0 Å². The second-order valence-electron chi connectivity index (χ2n) is 3.55. The van der Waals surface area contributed by atoms with Gasteiger partial charge in [-0.05, 0) is 12.1 Å². The Morgan fingerprint density at radius 2 is 2.06 bits per heavy atom. The first-order valence-electron chi connectivity index (χ1n) is 4.93. The van der Waals surface area contributed by atoms with Gasteiger partial charge in [0.2, 0.25) is 0 Å². The Hall–Kier alpha value is -1.53. The van der Waals surface area contributed by atoms with Crippen molar-refractivity contribution in [3.63, 3.8) is 0 Å². The van der Waals surface area contributed by atoms with Gasteiger partial charge in [0.1, 0.15) is 0 Å². The fourth-order valence-corrected chi connectivity index (χ4v) is 2.25. The molecule has 3 rings (SSSR count). The molecular weight excluding hydrogens is 252 g/mol. The van der Waals surface area contributed by atoms with Crippen LogP contribution in [0.2, 0.25) is 0 Å². The fourth-order valence-electron chi connectivity index (χ4n) is 1.62. The number of nitrogens with zero attached hydrogens (tertiary/aromatic N) is 4. The maximum atomic E-state index is 4.43. The van der Waals surface area contributed by atoms with Crippen LogP contribution in [0.1, 0.15) is 0 Å². The zero-order valence-electron chi connectivity index (χ0n) is 8.65. The summed E-state index contributed by atoms with van der Waals surface area (Å²) in [5, 5.41) is 7.73. The highest BCUT2D eigenvalue weighted by molar-refractivity contribution is 7.81. The maximum Gasteiger partial charge on any atom is 0.254 e. The highest BCUT2D eigenvalue weighted by atomic mass is 32.1. The summed E-state index contributed by atoms with van der Waals surface area (Å²) in [6.07, 6.45) is 5.33. The third-order valence-corrected chi connectivity index (χ3v) is 3.06. The molecule has 0 bridgehead atoms. The molecule has 6 heteroatoms. The van der Waals surface area contributed by atoms with Gasteiger partial charge in [-0.1, -0.05) is 6.07 Å². The van der Waals surface area contributed by atoms with Gasteiger partial charge in [0.15, 0.2) is 0 Å². The summed E-state index contributed by atoms with van der Waals surface area (Å²) < 4.78 is 1.82. The van der Waals surface area contributed by atoms with E-state index >= 15 is 0 Å². The molecule has 1 aromatic carbocycles. The number of thiol groups is 2. The van der Waals surface area contributed by atoms with E-state index in [0.29, 0.717) is 5.78 Å². The van der Waals surface area contributed by atoms with E-state index in [1.807, 2.05) is 35.0 Å². The molecule has 17 heavy (non-hydrogen) atoms. The van der Waals surface area contributed by atoms with Crippen molar-refractivity contribution < 1.29 is 0 Å². The zero-order chi connectivity index (χ0) is 11.8. The van der Waals surface area contributed by atoms with Crippen molar-refractivity contribution in [2.24, 2.45) is 0 Å². The zero-order valence-corrected chi connectivity index (χ0v) is 10.4. The SMILES string of the molecule is Sc1ccc(-c2cn3ccnnc3n2)c(S)c1. The van der Waals surface area contributed by atoms with Crippen molar-refractivity contribution in [1.29, 1.82) is 0 Å². The lowest BCUT2D eigenvalue weighted by Gasteiger charge is -2.01. The number of imidazole rings is 1. The molecule has 0 unspecified atom stereocenters. The van der Waals surface area contributed by atoms with E-state index in [-0.39, 0.29) is 0 Å². The van der Waals surface area contributed by atoms with Crippen LogP contribution in [0.15, 0.2) is 46.6 Å². The topological polar surface area (TPSA) is 43.1 Å². The number of fused-ring (bicyclic) bond motifs is 1. The Morgan fingerprint density at radius 1 is 1.18 bits per heavy atom. The van der Waals surface area contributed by atoms with Crippen molar-refractivity contribution in [1.82, 2.24) is 19.6 Å². The average molecular weight is 260 g/mol. The third kappa shape index (κ3) is 1.89. The minimum Gasteiger partial charge on any atom is -0.288 e. The first kappa shape index (κ1) is 10.6. The molecule has 3 aromatic rings. The summed E-state index contributed by atoms with van der Waals surface area (Å²) in [4.78, 5) is 6.11. The number of rotatable bonds is 1. The molecule has 0 aliphatic heterocycles. The van der Waals surface area contributed by atoms with E-state index in [2.05, 4.69) is 40.4 Å². The van der Waals surface area contributed by atoms with Crippen LogP contribution in [-0.4, -0.2) is 19.6 Å². The molecule has 0 atom stereocenters. The summed E-state index contributed by atoms with van der Waals surface area (Å²) >= 11 is 8.69. The molecule has 0 N–H and O–H groups in total. The van der Waals surface area contributed by atoms with E-state index in [1.165, 1.54) is 0 Å². The normalized spacial score (nSPS) is 10.9. The Labute approximate surface area is 109 Å². The van der Waals surface area contributed by atoms with E-state index in [1.54, 1.807) is 6.20 Å². The Morgan fingerprint density at radius 3 is 2.82 bits per heavy atom. The van der Waals surface area contributed by atoms with Crippen LogP contribution in [0.3, 0.4) is 0 Å². The molecule has 0 fully saturated rings. The van der Waals surface area contributed by atoms with Gasteiger partial charge in [0, 0.05) is 27.7 Å². The molecule has 0 saturated carbocycles. The molecule has 0 aliphatic rings. The van der Waals surface area contributed by atoms with Gasteiger partial charge in [-0.3, -0.25) is 4.40 Å². The Bertz CT molecular complexity index is 660. The molecule has 4 nitrogen and oxygen atoms in total. The summed E-state index contributed by atoms with van der Waals surface area (Å²) in [7, 11) is 0. The van der Waals surface area contributed by atoms with Crippen LogP contribution < -0.4 is 0 Å². The van der Waals surface area contributed by atoms with Gasteiger partial charge < -0.3 is 0 Å². The largest absolute Gasteiger partial charge is 0.288 e. The van der Waals surface area contributed by atoms with Crippen LogP contribution in [0.4, 0.5) is 0 Å². The van der Waals surface area contributed by atoms with Crippen molar-refractivity contribution in [2.45, 2.75) is 9.79 Å². The molecule has 0 aliphatic carbocycles. The van der Waals surface area contributed by atoms with E-state index in [9.17, 15) is 0 Å². The maximum absolute atomic E-state index is 4.43. The smallest absolute Gasteiger partial charge is 0.254 e. The minimum absolute atomic E-state index is 0.574. The number of benzene rings is 1. The fraction of sp³-hybridized carbons (Fsp3) is 0. The number of aromatic nitrogens is 4. The lowest BCUT2D eigenvalue weighted by molar-refractivity contribution is 0.966. The standard InChI is InChI=1S/C11H8N4S2/c16-7-1-2-8(10(17)5-7)9-6-15-4-3-12-14-11(15)13-9/h1-6,16-17H. The number of hydrogen-bond acceptors (Lipinski definition) is 5. The molecule has 2 heterocycles. The second-order valence-corrected chi connectivity index (χ2v) is 4.55. The van der Waals surface area contributed by atoms with Gasteiger partial charge >= 0.3 is 0 Å². The molecule has 0 saturated heterocycles. The summed E-state index contributed by atoms with van der Waals surface area (Å²) in [6, 6.07) is 5.74. The van der Waals surface area contributed by atoms with Crippen LogP contribution >= 0.6 is 25.3 Å². The highest BCUT2D eigenvalue weighted by Gasteiger charge is 2.08. The van der Waals surface area contributed by atoms with Crippen molar-refractivity contribution in [3.05, 3.63) is 36.8 Å². The average Bonchev–Trinajstić information content (AvgIpc) is 2.72. The quantitative estimate of drug-likeness (QED) is 0.660. The summed E-state index contributed by atoms with van der Waals surface area (Å²) in [5.41, 5.74) is 1.78.